The van der Waals surface area contributed by atoms with Crippen LogP contribution in [0.1, 0.15) is 174 Å². The predicted molar refractivity (Wildman–Crippen MR) is 219 cm³/mol. The molecule has 7 N–H and O–H groups in total. The van der Waals surface area contributed by atoms with Crippen LogP contribution in [0.4, 0.5) is 0 Å². The minimum atomic E-state index is -5.12. The lowest BCUT2D eigenvalue weighted by atomic mass is 9.99. The fourth-order valence-electron chi connectivity index (χ4n) is 6.83. The van der Waals surface area contributed by atoms with Gasteiger partial charge in [-0.3, -0.25) is 9.35 Å². The summed E-state index contributed by atoms with van der Waals surface area (Å²) in [7, 11) is -5.12. The summed E-state index contributed by atoms with van der Waals surface area (Å²) in [6, 6.07) is -1.13. The lowest BCUT2D eigenvalue weighted by Gasteiger charge is -2.41. The molecule has 0 bridgehead atoms. The van der Waals surface area contributed by atoms with Gasteiger partial charge in [0.25, 0.3) is 0 Å². The molecule has 56 heavy (non-hydrogen) atoms. The van der Waals surface area contributed by atoms with E-state index in [1.807, 2.05) is 0 Å². The van der Waals surface area contributed by atoms with Crippen molar-refractivity contribution in [3.8, 4) is 0 Å². The van der Waals surface area contributed by atoms with E-state index in [0.717, 1.165) is 38.5 Å². The summed E-state index contributed by atoms with van der Waals surface area (Å²) in [4.78, 5) is 13.0. The van der Waals surface area contributed by atoms with Gasteiger partial charge in [-0.25, -0.2) is 4.18 Å². The second-order valence-corrected chi connectivity index (χ2v) is 16.5. The van der Waals surface area contributed by atoms with Gasteiger partial charge in [-0.1, -0.05) is 167 Å². The van der Waals surface area contributed by atoms with Crippen molar-refractivity contribution in [3.05, 3.63) is 24.3 Å². The lowest BCUT2D eigenvalue weighted by Crippen LogP contribution is -2.61. The van der Waals surface area contributed by atoms with Crippen LogP contribution in [0, 0.1) is 0 Å². The minimum Gasteiger partial charge on any atom is -0.394 e. The van der Waals surface area contributed by atoms with Gasteiger partial charge in [0, 0.05) is 0 Å². The van der Waals surface area contributed by atoms with Crippen molar-refractivity contribution >= 4 is 16.3 Å². The molecule has 330 valence electrons. The average molecular weight is 822 g/mol. The van der Waals surface area contributed by atoms with E-state index in [1.54, 1.807) is 6.08 Å². The molecule has 0 saturated carbocycles. The third kappa shape index (κ3) is 25.8. The van der Waals surface area contributed by atoms with Gasteiger partial charge >= 0.3 is 10.4 Å². The number of unbranched alkanes of at least 4 members (excludes halogenated alkanes) is 21. The van der Waals surface area contributed by atoms with Gasteiger partial charge in [-0.15, -0.1) is 0 Å². The number of nitrogens with one attached hydrogen (secondary N) is 1. The number of aliphatic hydroxyl groups is 5. The molecule has 1 aliphatic heterocycles. The predicted octanol–water partition coefficient (Wildman–Crippen LogP) is 6.74. The van der Waals surface area contributed by atoms with Crippen LogP contribution in [-0.4, -0.2) is 107 Å². The summed E-state index contributed by atoms with van der Waals surface area (Å²) in [6.07, 6.45) is 24.4. The number of rotatable bonds is 36. The van der Waals surface area contributed by atoms with Crippen LogP contribution in [-0.2, 0) is 28.9 Å². The van der Waals surface area contributed by atoms with E-state index < -0.39 is 78.5 Å². The highest BCUT2D eigenvalue weighted by Gasteiger charge is 2.48. The molecule has 0 aromatic heterocycles. The molecule has 8 atom stereocenters. The van der Waals surface area contributed by atoms with Crippen LogP contribution in [0.15, 0.2) is 24.3 Å². The summed E-state index contributed by atoms with van der Waals surface area (Å²) in [6.45, 7) is 3.14. The number of hydrogen-bond acceptors (Lipinski definition) is 11. The average Bonchev–Trinajstić information content (AvgIpc) is 3.16. The quantitative estimate of drug-likeness (QED) is 0.0199. The Balaban J connectivity index is 2.61. The van der Waals surface area contributed by atoms with E-state index >= 15 is 0 Å². The first-order valence-electron chi connectivity index (χ1n) is 21.8. The molecule has 1 aliphatic rings. The Morgan fingerprint density at radius 2 is 1.20 bits per heavy atom. The summed E-state index contributed by atoms with van der Waals surface area (Å²) in [5.74, 6) is -0.716. The molecule has 0 aliphatic carbocycles. The number of amides is 1. The van der Waals surface area contributed by atoms with Gasteiger partial charge in [0.2, 0.25) is 5.91 Å². The molecule has 1 heterocycles. The molecule has 13 nitrogen and oxygen atoms in total. The molecule has 1 saturated heterocycles. The van der Waals surface area contributed by atoms with Gasteiger partial charge in [0.15, 0.2) is 6.29 Å². The third-order valence-electron chi connectivity index (χ3n) is 10.3. The second-order valence-electron chi connectivity index (χ2n) is 15.4. The number of hydrogen-bond donors (Lipinski definition) is 7. The van der Waals surface area contributed by atoms with E-state index in [0.29, 0.717) is 12.8 Å². The fourth-order valence-corrected chi connectivity index (χ4v) is 7.34. The minimum absolute atomic E-state index is 0.237. The lowest BCUT2D eigenvalue weighted by molar-refractivity contribution is -0.298. The van der Waals surface area contributed by atoms with Crippen LogP contribution in [0.5, 0.6) is 0 Å². The summed E-state index contributed by atoms with van der Waals surface area (Å²) < 4.78 is 47.3. The van der Waals surface area contributed by atoms with Crippen molar-refractivity contribution < 1.29 is 57.0 Å². The SMILES string of the molecule is CCCCCCCCCCCCCCC/C=C/CC/C=C/C(O)C(COC1OC(CO)C(O)C(OS(=O)(=O)O)C1O)NC(=O)C(O)CCCCCCCCCC. The Kier molecular flexibility index (Phi) is 31.3. The maximum absolute atomic E-state index is 13.0. The Labute approximate surface area is 338 Å². The Morgan fingerprint density at radius 3 is 1.71 bits per heavy atom. The molecule has 1 rings (SSSR count). The zero-order valence-electron chi connectivity index (χ0n) is 34.6. The number of allylic oxidation sites excluding steroid dienone is 3. The second kappa shape index (κ2) is 33.4. The van der Waals surface area contributed by atoms with Crippen molar-refractivity contribution in [1.82, 2.24) is 5.32 Å². The maximum atomic E-state index is 13.0. The summed E-state index contributed by atoms with van der Waals surface area (Å²) in [5, 5.41) is 54.9. The first-order valence-corrected chi connectivity index (χ1v) is 23.2. The molecule has 0 aromatic carbocycles. The highest BCUT2D eigenvalue weighted by Crippen LogP contribution is 2.26. The number of carbonyl (C=O) groups excluding carboxylic acids is 1. The van der Waals surface area contributed by atoms with Gasteiger partial charge in [-0.2, -0.15) is 8.42 Å². The van der Waals surface area contributed by atoms with Crippen LogP contribution in [0.2, 0.25) is 0 Å². The van der Waals surface area contributed by atoms with Gasteiger partial charge in [0.1, 0.15) is 30.5 Å². The van der Waals surface area contributed by atoms with Crippen molar-refractivity contribution in [2.45, 2.75) is 223 Å². The van der Waals surface area contributed by atoms with Gasteiger partial charge in [-0.05, 0) is 32.1 Å². The Bertz CT molecular complexity index is 1120. The van der Waals surface area contributed by atoms with E-state index in [1.165, 1.54) is 109 Å². The summed E-state index contributed by atoms with van der Waals surface area (Å²) >= 11 is 0. The van der Waals surface area contributed by atoms with Crippen molar-refractivity contribution in [2.75, 3.05) is 13.2 Å². The monoisotopic (exact) mass is 822 g/mol. The zero-order valence-corrected chi connectivity index (χ0v) is 35.4. The topological polar surface area (TPSA) is 212 Å². The highest BCUT2D eigenvalue weighted by molar-refractivity contribution is 7.80. The first kappa shape index (κ1) is 52.6. The molecular weight excluding hydrogens is 743 g/mol. The van der Waals surface area contributed by atoms with E-state index in [9.17, 15) is 38.7 Å². The zero-order chi connectivity index (χ0) is 41.4. The molecule has 0 radical (unpaired) electrons. The van der Waals surface area contributed by atoms with Crippen LogP contribution in [0.25, 0.3) is 0 Å². The molecule has 0 aromatic rings. The van der Waals surface area contributed by atoms with Crippen LogP contribution < -0.4 is 5.32 Å². The molecule has 0 spiro atoms. The molecule has 14 heteroatoms. The third-order valence-corrected chi connectivity index (χ3v) is 10.8. The van der Waals surface area contributed by atoms with E-state index in [-0.39, 0.29) is 6.42 Å². The van der Waals surface area contributed by atoms with E-state index in [2.05, 4.69) is 35.5 Å². The Hall–Kier alpha value is -1.46. The highest BCUT2D eigenvalue weighted by atomic mass is 32.3. The molecule has 8 unspecified atom stereocenters. The van der Waals surface area contributed by atoms with Crippen LogP contribution in [0.3, 0.4) is 0 Å². The van der Waals surface area contributed by atoms with E-state index in [4.69, 9.17) is 14.0 Å². The van der Waals surface area contributed by atoms with Crippen molar-refractivity contribution in [1.29, 1.82) is 0 Å². The van der Waals surface area contributed by atoms with Crippen molar-refractivity contribution in [2.24, 2.45) is 0 Å². The molecule has 1 fully saturated rings. The van der Waals surface area contributed by atoms with Gasteiger partial charge < -0.3 is 40.3 Å². The number of aliphatic hydroxyl groups excluding tert-OH is 5. The van der Waals surface area contributed by atoms with Gasteiger partial charge in [0.05, 0.1) is 25.4 Å². The normalized spacial score (nSPS) is 22.2. The Morgan fingerprint density at radius 1 is 0.714 bits per heavy atom. The maximum Gasteiger partial charge on any atom is 0.397 e. The summed E-state index contributed by atoms with van der Waals surface area (Å²) in [5.41, 5.74) is 0. The fraction of sp³-hybridized carbons (Fsp3) is 0.881. The standard InChI is InChI=1S/C42H79NO12S/c1-3-5-7-9-11-13-14-15-16-17-18-19-20-21-22-23-25-26-28-30-35(45)34(43-41(49)36(46)31-29-27-24-12-10-8-6-4-2)33-53-42-39(48)40(55-56(50,51)52)38(47)37(32-44)54-42/h22-23,28,30,34-40,42,44-48H,3-21,24-27,29,31-33H2,1-2H3,(H,43,49)(H,50,51,52)/b23-22+,30-28+. The first-order chi connectivity index (χ1) is 26.9. The molecular formula is C42H79NO12S. The number of ether oxygens (including phenoxy) is 2. The molecule has 1 amide bonds. The smallest absolute Gasteiger partial charge is 0.394 e. The van der Waals surface area contributed by atoms with Crippen molar-refractivity contribution in [3.63, 3.8) is 0 Å². The number of carbonyl (C=O) groups is 1. The largest absolute Gasteiger partial charge is 0.397 e. The van der Waals surface area contributed by atoms with Crippen LogP contribution >= 0.6 is 0 Å².